The van der Waals surface area contributed by atoms with E-state index >= 15 is 0 Å². The lowest BCUT2D eigenvalue weighted by Crippen LogP contribution is -2.48. The number of nitrogens with one attached hydrogen (secondary N) is 2. The smallest absolute Gasteiger partial charge is 0.319 e. The fourth-order valence-electron chi connectivity index (χ4n) is 4.09. The van der Waals surface area contributed by atoms with Crippen molar-refractivity contribution < 1.29 is 4.79 Å². The molecule has 2 N–H and O–H groups in total. The summed E-state index contributed by atoms with van der Waals surface area (Å²) in [6, 6.07) is 19.7. The molecule has 7 heteroatoms. The molecule has 0 bridgehead atoms. The molecule has 0 aliphatic carbocycles. The summed E-state index contributed by atoms with van der Waals surface area (Å²) in [5.41, 5.74) is 3.33. The molecule has 1 aliphatic heterocycles. The summed E-state index contributed by atoms with van der Waals surface area (Å²) in [6.45, 7) is 5.22. The average Bonchev–Trinajstić information content (AvgIpc) is 3.04. The van der Waals surface area contributed by atoms with Crippen LogP contribution in [-0.4, -0.2) is 46.4 Å². The molecule has 166 valence electrons. The maximum absolute atomic E-state index is 13.4. The fraction of sp³-hybridized carbons (Fsp3) is 0.320. The molecular formula is C25H30N6O. The summed E-state index contributed by atoms with van der Waals surface area (Å²) in [4.78, 5) is 26.5. The summed E-state index contributed by atoms with van der Waals surface area (Å²) < 4.78 is 0. The first-order valence-corrected chi connectivity index (χ1v) is 10.8. The first-order valence-electron chi connectivity index (χ1n) is 10.8. The molecule has 0 saturated carbocycles. The molecule has 0 radical (unpaired) electrons. The van der Waals surface area contributed by atoms with Gasteiger partial charge >= 0.3 is 6.03 Å². The molecule has 2 heterocycles. The largest absolute Gasteiger partial charge is 0.330 e. The minimum Gasteiger partial charge on any atom is -0.330 e. The standard InChI is InChI=1S/C25H30N6O/c1-25(2)20-15-26-23(27-19-13-9-6-10-14-19)28-22(20)17-31(25)24(32)29-21(16-30(3)4)18-11-7-5-8-12-18/h5-15,21H,16-17H2,1-4H3,(H,29,32)(H,26,27,28)/t21-/m1/s1. The molecule has 2 amide bonds. The number of benzene rings is 2. The Bertz CT molecular complexity index is 1070. The van der Waals surface area contributed by atoms with E-state index in [1.807, 2.05) is 99.7 Å². The third-order valence-electron chi connectivity index (χ3n) is 5.83. The van der Waals surface area contributed by atoms with E-state index in [2.05, 4.69) is 20.5 Å². The van der Waals surface area contributed by atoms with Gasteiger partial charge in [0.15, 0.2) is 0 Å². The fourth-order valence-corrected chi connectivity index (χ4v) is 4.09. The van der Waals surface area contributed by atoms with E-state index in [1.54, 1.807) is 0 Å². The molecule has 7 nitrogen and oxygen atoms in total. The van der Waals surface area contributed by atoms with E-state index in [0.29, 0.717) is 19.0 Å². The zero-order chi connectivity index (χ0) is 22.7. The molecule has 4 rings (SSSR count). The monoisotopic (exact) mass is 430 g/mol. The van der Waals surface area contributed by atoms with Crippen molar-refractivity contribution in [2.45, 2.75) is 32.0 Å². The molecular weight excluding hydrogens is 400 g/mol. The number of hydrogen-bond donors (Lipinski definition) is 2. The van der Waals surface area contributed by atoms with Crippen LogP contribution in [0.1, 0.15) is 36.7 Å². The Morgan fingerprint density at radius 3 is 2.41 bits per heavy atom. The van der Waals surface area contributed by atoms with Gasteiger partial charge in [0.05, 0.1) is 23.8 Å². The number of para-hydroxylation sites is 1. The molecule has 0 saturated heterocycles. The number of carbonyl (C=O) groups is 1. The molecule has 3 aromatic rings. The van der Waals surface area contributed by atoms with Crippen LogP contribution >= 0.6 is 0 Å². The summed E-state index contributed by atoms with van der Waals surface area (Å²) in [5, 5.41) is 6.47. The first kappa shape index (κ1) is 21.8. The van der Waals surface area contributed by atoms with Crippen molar-refractivity contribution in [2.24, 2.45) is 0 Å². The third-order valence-corrected chi connectivity index (χ3v) is 5.83. The van der Waals surface area contributed by atoms with Crippen molar-refractivity contribution >= 4 is 17.7 Å². The van der Waals surface area contributed by atoms with Crippen LogP contribution in [0.2, 0.25) is 0 Å². The topological polar surface area (TPSA) is 73.4 Å². The number of urea groups is 1. The van der Waals surface area contributed by atoms with Gasteiger partial charge in [-0.3, -0.25) is 0 Å². The Morgan fingerprint density at radius 2 is 1.75 bits per heavy atom. The third kappa shape index (κ3) is 4.57. The zero-order valence-electron chi connectivity index (χ0n) is 19.0. The van der Waals surface area contributed by atoms with E-state index in [0.717, 1.165) is 22.5 Å². The van der Waals surface area contributed by atoms with Gasteiger partial charge in [-0.25, -0.2) is 14.8 Å². The van der Waals surface area contributed by atoms with E-state index in [-0.39, 0.29) is 12.1 Å². The molecule has 32 heavy (non-hydrogen) atoms. The number of hydrogen-bond acceptors (Lipinski definition) is 5. The normalized spacial score (nSPS) is 15.3. The number of amides is 2. The van der Waals surface area contributed by atoms with Gasteiger partial charge in [0.1, 0.15) is 0 Å². The van der Waals surface area contributed by atoms with Crippen molar-refractivity contribution in [1.29, 1.82) is 0 Å². The summed E-state index contributed by atoms with van der Waals surface area (Å²) >= 11 is 0. The average molecular weight is 431 g/mol. The first-order chi connectivity index (χ1) is 15.3. The molecule has 0 unspecified atom stereocenters. The minimum atomic E-state index is -0.510. The quantitative estimate of drug-likeness (QED) is 0.611. The highest BCUT2D eigenvalue weighted by Gasteiger charge is 2.42. The van der Waals surface area contributed by atoms with Gasteiger partial charge in [0.2, 0.25) is 5.95 Å². The SMILES string of the molecule is CN(C)C[C@@H](NC(=O)N1Cc2nc(Nc3ccccc3)ncc2C1(C)C)c1ccccc1. The Hall–Kier alpha value is -3.45. The van der Waals surface area contributed by atoms with E-state index in [1.165, 1.54) is 0 Å². The maximum atomic E-state index is 13.4. The summed E-state index contributed by atoms with van der Waals surface area (Å²) in [5.74, 6) is 0.530. The highest BCUT2D eigenvalue weighted by atomic mass is 16.2. The predicted octanol–water partition coefficient (Wildman–Crippen LogP) is 4.28. The van der Waals surface area contributed by atoms with Gasteiger partial charge in [-0.1, -0.05) is 48.5 Å². The number of aromatic nitrogens is 2. The second-order valence-corrected chi connectivity index (χ2v) is 8.87. The lowest BCUT2D eigenvalue weighted by Gasteiger charge is -2.34. The number of anilines is 2. The molecule has 1 atom stereocenters. The lowest BCUT2D eigenvalue weighted by atomic mass is 9.97. The molecule has 1 aliphatic rings. The van der Waals surface area contributed by atoms with Crippen molar-refractivity contribution in [3.8, 4) is 0 Å². The van der Waals surface area contributed by atoms with Crippen LogP contribution in [-0.2, 0) is 12.1 Å². The lowest BCUT2D eigenvalue weighted by molar-refractivity contribution is 0.140. The second-order valence-electron chi connectivity index (χ2n) is 8.87. The van der Waals surface area contributed by atoms with E-state index < -0.39 is 5.54 Å². The highest BCUT2D eigenvalue weighted by Crippen LogP contribution is 2.38. The summed E-state index contributed by atoms with van der Waals surface area (Å²) in [7, 11) is 4.02. The van der Waals surface area contributed by atoms with Crippen molar-refractivity contribution in [3.63, 3.8) is 0 Å². The van der Waals surface area contributed by atoms with Crippen LogP contribution in [0.25, 0.3) is 0 Å². The minimum absolute atomic E-state index is 0.110. The molecule has 0 spiro atoms. The van der Waals surface area contributed by atoms with Crippen LogP contribution in [0.4, 0.5) is 16.4 Å². The van der Waals surface area contributed by atoms with Gasteiger partial charge in [-0.05, 0) is 45.6 Å². The van der Waals surface area contributed by atoms with Crippen molar-refractivity contribution in [3.05, 3.63) is 83.7 Å². The number of likely N-dealkylation sites (N-methyl/N-ethyl adjacent to an activating group) is 1. The van der Waals surface area contributed by atoms with Gasteiger partial charge in [0.25, 0.3) is 0 Å². The Morgan fingerprint density at radius 1 is 1.09 bits per heavy atom. The van der Waals surface area contributed by atoms with Crippen LogP contribution in [0.5, 0.6) is 0 Å². The van der Waals surface area contributed by atoms with Gasteiger partial charge in [-0.15, -0.1) is 0 Å². The number of nitrogens with zero attached hydrogens (tertiary/aromatic N) is 4. The van der Waals surface area contributed by atoms with Crippen LogP contribution in [0, 0.1) is 0 Å². The Labute approximate surface area is 189 Å². The molecule has 1 aromatic heterocycles. The number of rotatable bonds is 6. The Balaban J connectivity index is 1.53. The van der Waals surface area contributed by atoms with Gasteiger partial charge in [0, 0.05) is 24.0 Å². The van der Waals surface area contributed by atoms with Gasteiger partial charge < -0.3 is 20.4 Å². The van der Waals surface area contributed by atoms with Crippen LogP contribution < -0.4 is 10.6 Å². The molecule has 0 fully saturated rings. The van der Waals surface area contributed by atoms with E-state index in [9.17, 15) is 4.79 Å². The molecule has 2 aromatic carbocycles. The Kier molecular flexibility index (Phi) is 6.10. The van der Waals surface area contributed by atoms with Gasteiger partial charge in [-0.2, -0.15) is 0 Å². The number of fused-ring (bicyclic) bond motifs is 1. The zero-order valence-corrected chi connectivity index (χ0v) is 19.0. The van der Waals surface area contributed by atoms with Crippen molar-refractivity contribution in [1.82, 2.24) is 25.1 Å². The van der Waals surface area contributed by atoms with E-state index in [4.69, 9.17) is 4.98 Å². The van der Waals surface area contributed by atoms with Crippen LogP contribution in [0.3, 0.4) is 0 Å². The maximum Gasteiger partial charge on any atom is 0.319 e. The van der Waals surface area contributed by atoms with Crippen LogP contribution in [0.15, 0.2) is 66.9 Å². The highest BCUT2D eigenvalue weighted by molar-refractivity contribution is 5.77. The van der Waals surface area contributed by atoms with Crippen molar-refractivity contribution in [2.75, 3.05) is 26.0 Å². The summed E-state index contributed by atoms with van der Waals surface area (Å²) in [6.07, 6.45) is 1.83. The second kappa shape index (κ2) is 8.96. The predicted molar refractivity (Wildman–Crippen MR) is 127 cm³/mol. The number of carbonyl (C=O) groups excluding carboxylic acids is 1.